The molecule has 2 atom stereocenters. The van der Waals surface area contributed by atoms with Gasteiger partial charge in [0.2, 0.25) is 0 Å². The van der Waals surface area contributed by atoms with Gasteiger partial charge in [0.05, 0.1) is 6.61 Å². The Balaban J connectivity index is 1.81. The highest BCUT2D eigenvalue weighted by atomic mass is 16.3. The number of piperidine rings is 1. The van der Waals surface area contributed by atoms with E-state index in [9.17, 15) is 5.11 Å². The fraction of sp³-hybridized carbons (Fsp3) is 1.00. The Labute approximate surface area is 130 Å². The maximum Gasteiger partial charge on any atom is 0.0616 e. The molecule has 2 fully saturated rings. The first-order valence-corrected chi connectivity index (χ1v) is 8.86. The molecule has 1 heterocycles. The van der Waals surface area contributed by atoms with E-state index >= 15 is 0 Å². The standard InChI is InChI=1S/C17H35N3O/c1-4-18-17(14-21)10-5-6-15(17)7-13-20(3)16-8-11-19(2)12-9-16/h15-16,18,21H,4-14H2,1-3H3. The zero-order chi connectivity index (χ0) is 15.3. The number of aliphatic hydroxyl groups is 1. The predicted octanol–water partition coefficient (Wildman–Crippen LogP) is 1.54. The van der Waals surface area contributed by atoms with Crippen molar-refractivity contribution in [3.63, 3.8) is 0 Å². The number of nitrogens with zero attached hydrogens (tertiary/aromatic N) is 2. The van der Waals surface area contributed by atoms with Gasteiger partial charge in [-0.1, -0.05) is 13.3 Å². The van der Waals surface area contributed by atoms with Crippen LogP contribution < -0.4 is 5.32 Å². The molecule has 2 unspecified atom stereocenters. The lowest BCUT2D eigenvalue weighted by Crippen LogP contribution is -2.52. The summed E-state index contributed by atoms with van der Waals surface area (Å²) in [5.41, 5.74) is 0.00235. The Morgan fingerprint density at radius 1 is 1.29 bits per heavy atom. The zero-order valence-corrected chi connectivity index (χ0v) is 14.3. The van der Waals surface area contributed by atoms with E-state index in [0.29, 0.717) is 12.5 Å². The maximum atomic E-state index is 9.88. The second-order valence-electron chi connectivity index (χ2n) is 7.24. The first-order valence-electron chi connectivity index (χ1n) is 8.86. The van der Waals surface area contributed by atoms with Crippen LogP contribution in [0.3, 0.4) is 0 Å². The number of nitrogens with one attached hydrogen (secondary N) is 1. The van der Waals surface area contributed by atoms with Crippen molar-refractivity contribution >= 4 is 0 Å². The molecule has 2 N–H and O–H groups in total. The van der Waals surface area contributed by atoms with Crippen molar-refractivity contribution in [1.29, 1.82) is 0 Å². The lowest BCUT2D eigenvalue weighted by molar-refractivity contribution is 0.0999. The first kappa shape index (κ1) is 17.2. The lowest BCUT2D eigenvalue weighted by Gasteiger charge is -2.38. The molecule has 1 aliphatic heterocycles. The van der Waals surface area contributed by atoms with E-state index in [0.717, 1.165) is 19.0 Å². The molecule has 0 bridgehead atoms. The molecular formula is C17H35N3O. The summed E-state index contributed by atoms with van der Waals surface area (Å²) in [6, 6.07) is 0.755. The van der Waals surface area contributed by atoms with E-state index < -0.39 is 0 Å². The smallest absolute Gasteiger partial charge is 0.0616 e. The van der Waals surface area contributed by atoms with Crippen LogP contribution in [0.4, 0.5) is 0 Å². The molecule has 0 aromatic rings. The molecule has 0 aromatic heterocycles. The molecule has 4 nitrogen and oxygen atoms in total. The average molecular weight is 297 g/mol. The lowest BCUT2D eigenvalue weighted by atomic mass is 9.85. The van der Waals surface area contributed by atoms with Crippen molar-refractivity contribution in [3.05, 3.63) is 0 Å². The van der Waals surface area contributed by atoms with Crippen molar-refractivity contribution in [1.82, 2.24) is 15.1 Å². The van der Waals surface area contributed by atoms with Gasteiger partial charge in [-0.2, -0.15) is 0 Å². The zero-order valence-electron chi connectivity index (χ0n) is 14.3. The molecule has 1 saturated carbocycles. The molecule has 124 valence electrons. The van der Waals surface area contributed by atoms with Gasteiger partial charge in [0.25, 0.3) is 0 Å². The third-order valence-electron chi connectivity index (χ3n) is 5.91. The number of hydrogen-bond acceptors (Lipinski definition) is 4. The van der Waals surface area contributed by atoms with Crippen LogP contribution in [0, 0.1) is 5.92 Å². The molecular weight excluding hydrogens is 262 g/mol. The van der Waals surface area contributed by atoms with E-state index in [-0.39, 0.29) is 5.54 Å². The third-order valence-corrected chi connectivity index (χ3v) is 5.91. The number of rotatable bonds is 7. The van der Waals surface area contributed by atoms with Gasteiger partial charge in [0, 0.05) is 11.6 Å². The highest BCUT2D eigenvalue weighted by molar-refractivity contribution is 4.99. The second kappa shape index (κ2) is 7.91. The summed E-state index contributed by atoms with van der Waals surface area (Å²) in [6.07, 6.45) is 7.49. The van der Waals surface area contributed by atoms with Crippen LogP contribution in [0.2, 0.25) is 0 Å². The van der Waals surface area contributed by atoms with Crippen LogP contribution in [0.5, 0.6) is 0 Å². The summed E-state index contributed by atoms with van der Waals surface area (Å²) in [7, 11) is 4.51. The normalized spacial score (nSPS) is 32.1. The van der Waals surface area contributed by atoms with Crippen molar-refractivity contribution < 1.29 is 5.11 Å². The fourth-order valence-electron chi connectivity index (χ4n) is 4.39. The SMILES string of the molecule is CCNC1(CO)CCCC1CCN(C)C1CCN(C)CC1. The van der Waals surface area contributed by atoms with Crippen LogP contribution in [0.15, 0.2) is 0 Å². The Morgan fingerprint density at radius 3 is 2.62 bits per heavy atom. The molecule has 2 aliphatic rings. The minimum absolute atomic E-state index is 0.00235. The predicted molar refractivity (Wildman–Crippen MR) is 88.6 cm³/mol. The maximum absolute atomic E-state index is 9.88. The number of likely N-dealkylation sites (N-methyl/N-ethyl adjacent to an activating group) is 1. The molecule has 1 saturated heterocycles. The van der Waals surface area contributed by atoms with Crippen molar-refractivity contribution in [2.45, 2.75) is 57.0 Å². The van der Waals surface area contributed by atoms with Gasteiger partial charge in [-0.3, -0.25) is 0 Å². The summed E-state index contributed by atoms with van der Waals surface area (Å²) in [5, 5.41) is 13.5. The van der Waals surface area contributed by atoms with Gasteiger partial charge >= 0.3 is 0 Å². The molecule has 0 amide bonds. The van der Waals surface area contributed by atoms with Crippen LogP contribution >= 0.6 is 0 Å². The molecule has 1 aliphatic carbocycles. The van der Waals surface area contributed by atoms with E-state index in [4.69, 9.17) is 0 Å². The van der Waals surface area contributed by atoms with Gasteiger partial charge in [0.1, 0.15) is 0 Å². The van der Waals surface area contributed by atoms with Gasteiger partial charge in [-0.25, -0.2) is 0 Å². The summed E-state index contributed by atoms with van der Waals surface area (Å²) in [6.45, 7) is 7.04. The monoisotopic (exact) mass is 297 g/mol. The van der Waals surface area contributed by atoms with E-state index in [1.54, 1.807) is 0 Å². The minimum atomic E-state index is 0.00235. The first-order chi connectivity index (χ1) is 10.1. The van der Waals surface area contributed by atoms with Crippen molar-refractivity contribution in [2.24, 2.45) is 5.92 Å². The molecule has 0 spiro atoms. The van der Waals surface area contributed by atoms with Crippen LogP contribution in [0.1, 0.15) is 45.4 Å². The number of hydrogen-bond donors (Lipinski definition) is 2. The second-order valence-corrected chi connectivity index (χ2v) is 7.24. The quantitative estimate of drug-likeness (QED) is 0.748. The number of likely N-dealkylation sites (tertiary alicyclic amines) is 1. The molecule has 0 aromatic carbocycles. The molecule has 2 rings (SSSR count). The van der Waals surface area contributed by atoms with E-state index in [1.807, 2.05) is 0 Å². The van der Waals surface area contributed by atoms with E-state index in [1.165, 1.54) is 51.7 Å². The Kier molecular flexibility index (Phi) is 6.48. The fourth-order valence-corrected chi connectivity index (χ4v) is 4.39. The minimum Gasteiger partial charge on any atom is -0.394 e. The Bertz CT molecular complexity index is 304. The largest absolute Gasteiger partial charge is 0.394 e. The highest BCUT2D eigenvalue weighted by Gasteiger charge is 2.41. The topological polar surface area (TPSA) is 38.7 Å². The highest BCUT2D eigenvalue weighted by Crippen LogP contribution is 2.37. The summed E-state index contributed by atoms with van der Waals surface area (Å²) in [5.74, 6) is 0.635. The Morgan fingerprint density at radius 2 is 2.00 bits per heavy atom. The van der Waals surface area contributed by atoms with Gasteiger partial charge < -0.3 is 20.2 Å². The van der Waals surface area contributed by atoms with Gasteiger partial charge in [-0.15, -0.1) is 0 Å². The van der Waals surface area contributed by atoms with Crippen LogP contribution in [-0.4, -0.2) is 73.4 Å². The van der Waals surface area contributed by atoms with Gasteiger partial charge in [0.15, 0.2) is 0 Å². The average Bonchev–Trinajstić information content (AvgIpc) is 2.89. The van der Waals surface area contributed by atoms with Crippen LogP contribution in [0.25, 0.3) is 0 Å². The number of aliphatic hydroxyl groups excluding tert-OH is 1. The van der Waals surface area contributed by atoms with E-state index in [2.05, 4.69) is 36.1 Å². The Hall–Kier alpha value is -0.160. The summed E-state index contributed by atoms with van der Waals surface area (Å²) >= 11 is 0. The summed E-state index contributed by atoms with van der Waals surface area (Å²) < 4.78 is 0. The third kappa shape index (κ3) is 4.19. The van der Waals surface area contributed by atoms with Crippen molar-refractivity contribution in [2.75, 3.05) is 46.9 Å². The van der Waals surface area contributed by atoms with Crippen molar-refractivity contribution in [3.8, 4) is 0 Å². The van der Waals surface area contributed by atoms with Gasteiger partial charge in [-0.05, 0) is 78.3 Å². The molecule has 0 radical (unpaired) electrons. The molecule has 21 heavy (non-hydrogen) atoms. The molecule has 4 heteroatoms. The summed E-state index contributed by atoms with van der Waals surface area (Å²) in [4.78, 5) is 5.00. The van der Waals surface area contributed by atoms with Crippen LogP contribution in [-0.2, 0) is 0 Å².